The lowest BCUT2D eigenvalue weighted by molar-refractivity contribution is 0.351. The summed E-state index contributed by atoms with van der Waals surface area (Å²) in [5, 5.41) is 3.58. The fraction of sp³-hybridized carbons (Fsp3) is 0.625. The molecule has 1 aliphatic carbocycles. The first-order valence-corrected chi connectivity index (χ1v) is 6.92. The van der Waals surface area contributed by atoms with E-state index in [9.17, 15) is 0 Å². The van der Waals surface area contributed by atoms with Gasteiger partial charge in [0.15, 0.2) is 11.5 Å². The second kappa shape index (κ2) is 5.41. The van der Waals surface area contributed by atoms with Gasteiger partial charge in [0.2, 0.25) is 0 Å². The molecule has 0 saturated heterocycles. The Morgan fingerprint density at radius 2 is 1.95 bits per heavy atom. The molecule has 1 fully saturated rings. The van der Waals surface area contributed by atoms with Gasteiger partial charge in [-0.05, 0) is 51.6 Å². The van der Waals surface area contributed by atoms with E-state index in [2.05, 4.69) is 32.2 Å². The zero-order chi connectivity index (χ0) is 14.0. The van der Waals surface area contributed by atoms with Crippen LogP contribution in [0.15, 0.2) is 18.2 Å². The molecule has 1 N–H and O–H groups in total. The standard InChI is InChI=1S/C16H25NO2/c1-16(2,3)17-10-11-9-13(11)12-7-6-8-14(18-4)15(12)19-5/h6-8,11,13,17H,9-10H2,1-5H3. The molecule has 106 valence electrons. The van der Waals surface area contributed by atoms with Crippen LogP contribution < -0.4 is 14.8 Å². The average molecular weight is 263 g/mol. The van der Waals surface area contributed by atoms with E-state index >= 15 is 0 Å². The molecule has 0 spiro atoms. The Hall–Kier alpha value is -1.22. The van der Waals surface area contributed by atoms with Gasteiger partial charge in [0, 0.05) is 11.1 Å². The van der Waals surface area contributed by atoms with Crippen molar-refractivity contribution in [3.8, 4) is 11.5 Å². The molecule has 0 aromatic heterocycles. The average Bonchev–Trinajstić information content (AvgIpc) is 3.13. The van der Waals surface area contributed by atoms with Gasteiger partial charge in [0.05, 0.1) is 14.2 Å². The van der Waals surface area contributed by atoms with Gasteiger partial charge in [0.1, 0.15) is 0 Å². The molecule has 0 bridgehead atoms. The maximum Gasteiger partial charge on any atom is 0.164 e. The third-order valence-electron chi connectivity index (χ3n) is 3.65. The molecule has 2 atom stereocenters. The Bertz CT molecular complexity index is 437. The third-order valence-corrected chi connectivity index (χ3v) is 3.65. The van der Waals surface area contributed by atoms with Crippen LogP contribution in [0.3, 0.4) is 0 Å². The van der Waals surface area contributed by atoms with Crippen LogP contribution in [0, 0.1) is 5.92 Å². The lowest BCUT2D eigenvalue weighted by atomic mass is 10.1. The minimum atomic E-state index is 0.186. The first-order chi connectivity index (χ1) is 8.96. The van der Waals surface area contributed by atoms with Gasteiger partial charge >= 0.3 is 0 Å². The Morgan fingerprint density at radius 3 is 2.53 bits per heavy atom. The fourth-order valence-corrected chi connectivity index (χ4v) is 2.50. The number of benzene rings is 1. The van der Waals surface area contributed by atoms with Crippen molar-refractivity contribution in [2.24, 2.45) is 5.92 Å². The van der Waals surface area contributed by atoms with Crippen molar-refractivity contribution in [3.05, 3.63) is 23.8 Å². The van der Waals surface area contributed by atoms with Crippen LogP contribution in [-0.4, -0.2) is 26.3 Å². The molecule has 2 unspecified atom stereocenters. The first-order valence-electron chi connectivity index (χ1n) is 6.92. The molecule has 0 aliphatic heterocycles. The summed E-state index contributed by atoms with van der Waals surface area (Å²) >= 11 is 0. The third kappa shape index (κ3) is 3.41. The van der Waals surface area contributed by atoms with Crippen LogP contribution in [0.2, 0.25) is 0 Å². The van der Waals surface area contributed by atoms with E-state index < -0.39 is 0 Å². The number of hydrogen-bond acceptors (Lipinski definition) is 3. The predicted molar refractivity (Wildman–Crippen MR) is 78.1 cm³/mol. The van der Waals surface area contributed by atoms with Crippen LogP contribution >= 0.6 is 0 Å². The normalized spacial score (nSPS) is 22.2. The van der Waals surface area contributed by atoms with Gasteiger partial charge in [-0.15, -0.1) is 0 Å². The summed E-state index contributed by atoms with van der Waals surface area (Å²) in [5.74, 6) is 3.03. The van der Waals surface area contributed by atoms with E-state index in [4.69, 9.17) is 9.47 Å². The van der Waals surface area contributed by atoms with Crippen LogP contribution in [0.4, 0.5) is 0 Å². The Balaban J connectivity index is 2.05. The molecule has 3 heteroatoms. The smallest absolute Gasteiger partial charge is 0.164 e. The summed E-state index contributed by atoms with van der Waals surface area (Å²) in [4.78, 5) is 0. The number of para-hydroxylation sites is 1. The summed E-state index contributed by atoms with van der Waals surface area (Å²) in [6.45, 7) is 7.68. The van der Waals surface area contributed by atoms with Crippen molar-refractivity contribution in [2.45, 2.75) is 38.6 Å². The molecular weight excluding hydrogens is 238 g/mol. The maximum absolute atomic E-state index is 5.52. The van der Waals surface area contributed by atoms with E-state index in [0.717, 1.165) is 18.0 Å². The minimum Gasteiger partial charge on any atom is -0.493 e. The molecule has 0 radical (unpaired) electrons. The lowest BCUT2D eigenvalue weighted by Gasteiger charge is -2.20. The molecule has 1 saturated carbocycles. The van der Waals surface area contributed by atoms with Crippen LogP contribution in [-0.2, 0) is 0 Å². The lowest BCUT2D eigenvalue weighted by Crippen LogP contribution is -2.37. The number of hydrogen-bond donors (Lipinski definition) is 1. The van der Waals surface area contributed by atoms with Crippen molar-refractivity contribution >= 4 is 0 Å². The summed E-state index contributed by atoms with van der Waals surface area (Å²) in [6, 6.07) is 6.15. The maximum atomic E-state index is 5.52. The highest BCUT2D eigenvalue weighted by atomic mass is 16.5. The highest BCUT2D eigenvalue weighted by Gasteiger charge is 2.40. The molecule has 0 amide bonds. The zero-order valence-corrected chi connectivity index (χ0v) is 12.6. The Kier molecular flexibility index (Phi) is 4.04. The predicted octanol–water partition coefficient (Wildman–Crippen LogP) is 3.20. The highest BCUT2D eigenvalue weighted by molar-refractivity contribution is 5.50. The topological polar surface area (TPSA) is 30.5 Å². The SMILES string of the molecule is COc1cccc(C2CC2CNC(C)(C)C)c1OC. The van der Waals surface area contributed by atoms with Crippen molar-refractivity contribution in [1.29, 1.82) is 0 Å². The molecule has 1 aromatic carbocycles. The van der Waals surface area contributed by atoms with E-state index in [1.807, 2.05) is 12.1 Å². The van der Waals surface area contributed by atoms with E-state index in [-0.39, 0.29) is 5.54 Å². The summed E-state index contributed by atoms with van der Waals surface area (Å²) in [6.07, 6.45) is 1.23. The summed E-state index contributed by atoms with van der Waals surface area (Å²) < 4.78 is 10.9. The summed E-state index contributed by atoms with van der Waals surface area (Å²) in [5.41, 5.74) is 1.47. The van der Waals surface area contributed by atoms with Crippen LogP contribution in [0.25, 0.3) is 0 Å². The van der Waals surface area contributed by atoms with Crippen molar-refractivity contribution in [3.63, 3.8) is 0 Å². The van der Waals surface area contributed by atoms with Gasteiger partial charge in [-0.3, -0.25) is 0 Å². The molecular formula is C16H25NO2. The molecule has 1 aliphatic rings. The Labute approximate surface area is 116 Å². The Morgan fingerprint density at radius 1 is 1.21 bits per heavy atom. The van der Waals surface area contributed by atoms with Crippen molar-refractivity contribution in [2.75, 3.05) is 20.8 Å². The largest absolute Gasteiger partial charge is 0.493 e. The van der Waals surface area contributed by atoms with Gasteiger partial charge in [-0.2, -0.15) is 0 Å². The number of ether oxygens (including phenoxy) is 2. The second-order valence-corrected chi connectivity index (χ2v) is 6.32. The number of nitrogens with one attached hydrogen (secondary N) is 1. The minimum absolute atomic E-state index is 0.186. The monoisotopic (exact) mass is 263 g/mol. The van der Waals surface area contributed by atoms with Crippen LogP contribution in [0.1, 0.15) is 38.7 Å². The number of methoxy groups -OCH3 is 2. The van der Waals surface area contributed by atoms with E-state index in [1.165, 1.54) is 12.0 Å². The quantitative estimate of drug-likeness (QED) is 0.885. The molecule has 2 rings (SSSR count). The first kappa shape index (κ1) is 14.2. The summed E-state index contributed by atoms with van der Waals surface area (Å²) in [7, 11) is 3.40. The molecule has 19 heavy (non-hydrogen) atoms. The van der Waals surface area contributed by atoms with E-state index in [1.54, 1.807) is 14.2 Å². The van der Waals surface area contributed by atoms with Gasteiger partial charge < -0.3 is 14.8 Å². The highest BCUT2D eigenvalue weighted by Crippen LogP contribution is 2.52. The number of rotatable bonds is 5. The molecule has 1 aromatic rings. The fourth-order valence-electron chi connectivity index (χ4n) is 2.50. The van der Waals surface area contributed by atoms with E-state index in [0.29, 0.717) is 11.8 Å². The van der Waals surface area contributed by atoms with Gasteiger partial charge in [-0.25, -0.2) is 0 Å². The van der Waals surface area contributed by atoms with Gasteiger partial charge in [-0.1, -0.05) is 12.1 Å². The van der Waals surface area contributed by atoms with Crippen LogP contribution in [0.5, 0.6) is 11.5 Å². The zero-order valence-electron chi connectivity index (χ0n) is 12.6. The molecule has 0 heterocycles. The van der Waals surface area contributed by atoms with Crippen molar-refractivity contribution < 1.29 is 9.47 Å². The van der Waals surface area contributed by atoms with Crippen molar-refractivity contribution in [1.82, 2.24) is 5.32 Å². The second-order valence-electron chi connectivity index (χ2n) is 6.32. The molecule has 3 nitrogen and oxygen atoms in total. The van der Waals surface area contributed by atoms with Gasteiger partial charge in [0.25, 0.3) is 0 Å².